The molecular weight excluding hydrogens is 293 g/mol. The zero-order valence-corrected chi connectivity index (χ0v) is 14.2. The molecule has 0 spiro atoms. The van der Waals surface area contributed by atoms with Gasteiger partial charge in [0.05, 0.1) is 6.54 Å². The SMILES string of the molecule is COC(C)(CNC(=O)CCC1CCCCC1)c1ccccc1F. The predicted octanol–water partition coefficient (Wildman–Crippen LogP) is 4.16. The monoisotopic (exact) mass is 321 g/mol. The van der Waals surface area contributed by atoms with E-state index in [0.29, 0.717) is 17.9 Å². The van der Waals surface area contributed by atoms with Crippen LogP contribution in [0.15, 0.2) is 24.3 Å². The van der Waals surface area contributed by atoms with Crippen LogP contribution in [0.2, 0.25) is 0 Å². The largest absolute Gasteiger partial charge is 0.372 e. The Morgan fingerprint density at radius 2 is 2.00 bits per heavy atom. The van der Waals surface area contributed by atoms with E-state index < -0.39 is 5.60 Å². The molecule has 0 aliphatic heterocycles. The molecule has 1 saturated carbocycles. The number of nitrogens with one attached hydrogen (secondary N) is 1. The lowest BCUT2D eigenvalue weighted by Gasteiger charge is -2.29. The zero-order valence-electron chi connectivity index (χ0n) is 14.2. The van der Waals surface area contributed by atoms with Crippen molar-refractivity contribution in [3.63, 3.8) is 0 Å². The molecule has 0 saturated heterocycles. The Morgan fingerprint density at radius 1 is 1.30 bits per heavy atom. The second-order valence-electron chi connectivity index (χ2n) is 6.73. The fraction of sp³-hybridized carbons (Fsp3) is 0.632. The molecule has 0 bridgehead atoms. The molecule has 3 nitrogen and oxygen atoms in total. The molecule has 128 valence electrons. The number of amides is 1. The second kappa shape index (κ2) is 8.44. The van der Waals surface area contributed by atoms with Crippen molar-refractivity contribution in [2.45, 2.75) is 57.5 Å². The lowest BCUT2D eigenvalue weighted by atomic mass is 9.86. The van der Waals surface area contributed by atoms with Crippen LogP contribution in [0.5, 0.6) is 0 Å². The van der Waals surface area contributed by atoms with E-state index in [9.17, 15) is 9.18 Å². The Labute approximate surface area is 138 Å². The summed E-state index contributed by atoms with van der Waals surface area (Å²) in [7, 11) is 1.54. The number of carbonyl (C=O) groups excluding carboxylic acids is 1. The van der Waals surface area contributed by atoms with E-state index in [-0.39, 0.29) is 18.3 Å². The first-order chi connectivity index (χ1) is 11.0. The summed E-state index contributed by atoms with van der Waals surface area (Å²) in [4.78, 5) is 12.1. The van der Waals surface area contributed by atoms with E-state index in [1.165, 1.54) is 38.2 Å². The smallest absolute Gasteiger partial charge is 0.220 e. The third-order valence-electron chi connectivity index (χ3n) is 5.02. The van der Waals surface area contributed by atoms with E-state index in [4.69, 9.17) is 4.74 Å². The van der Waals surface area contributed by atoms with Crippen molar-refractivity contribution >= 4 is 5.91 Å². The van der Waals surface area contributed by atoms with Crippen molar-refractivity contribution in [2.24, 2.45) is 5.92 Å². The number of rotatable bonds is 7. The highest BCUT2D eigenvalue weighted by Gasteiger charge is 2.29. The van der Waals surface area contributed by atoms with Gasteiger partial charge in [-0.1, -0.05) is 50.3 Å². The number of methoxy groups -OCH3 is 1. The molecule has 1 fully saturated rings. The average molecular weight is 321 g/mol. The third-order valence-corrected chi connectivity index (χ3v) is 5.02. The van der Waals surface area contributed by atoms with Crippen molar-refractivity contribution in [2.75, 3.05) is 13.7 Å². The van der Waals surface area contributed by atoms with Gasteiger partial charge in [-0.25, -0.2) is 4.39 Å². The zero-order chi connectivity index (χ0) is 16.7. The van der Waals surface area contributed by atoms with E-state index in [0.717, 1.165) is 6.42 Å². The summed E-state index contributed by atoms with van der Waals surface area (Å²) in [5, 5.41) is 2.91. The topological polar surface area (TPSA) is 38.3 Å². The lowest BCUT2D eigenvalue weighted by Crippen LogP contribution is -2.40. The number of hydrogen-bond donors (Lipinski definition) is 1. The third kappa shape index (κ3) is 5.03. The molecule has 4 heteroatoms. The molecule has 23 heavy (non-hydrogen) atoms. The van der Waals surface area contributed by atoms with Crippen LogP contribution < -0.4 is 5.32 Å². The van der Waals surface area contributed by atoms with E-state index >= 15 is 0 Å². The molecule has 1 amide bonds. The van der Waals surface area contributed by atoms with Crippen LogP contribution in [0.25, 0.3) is 0 Å². The molecule has 2 rings (SSSR count). The van der Waals surface area contributed by atoms with Crippen LogP contribution in [0.4, 0.5) is 4.39 Å². The van der Waals surface area contributed by atoms with Crippen LogP contribution in [0.3, 0.4) is 0 Å². The maximum Gasteiger partial charge on any atom is 0.220 e. The first-order valence-corrected chi connectivity index (χ1v) is 8.62. The highest BCUT2D eigenvalue weighted by atomic mass is 19.1. The average Bonchev–Trinajstić information content (AvgIpc) is 2.59. The van der Waals surface area contributed by atoms with E-state index in [1.807, 2.05) is 0 Å². The Kier molecular flexibility index (Phi) is 6.58. The minimum Gasteiger partial charge on any atom is -0.372 e. The summed E-state index contributed by atoms with van der Waals surface area (Å²) in [6.07, 6.45) is 7.91. The molecule has 1 atom stereocenters. The summed E-state index contributed by atoms with van der Waals surface area (Å²) in [6, 6.07) is 6.54. The molecule has 1 aromatic carbocycles. The maximum atomic E-state index is 14.0. The molecule has 0 radical (unpaired) electrons. The van der Waals surface area contributed by atoms with Crippen LogP contribution in [0.1, 0.15) is 57.4 Å². The normalized spacial score (nSPS) is 18.4. The van der Waals surface area contributed by atoms with Gasteiger partial charge in [0.2, 0.25) is 5.91 Å². The molecule has 1 unspecified atom stereocenters. The van der Waals surface area contributed by atoms with Crippen LogP contribution in [-0.4, -0.2) is 19.6 Å². The van der Waals surface area contributed by atoms with Crippen LogP contribution in [-0.2, 0) is 15.1 Å². The van der Waals surface area contributed by atoms with E-state index in [1.54, 1.807) is 32.2 Å². The number of halogens is 1. The van der Waals surface area contributed by atoms with Gasteiger partial charge in [0.1, 0.15) is 11.4 Å². The Bertz CT molecular complexity index is 514. The second-order valence-corrected chi connectivity index (χ2v) is 6.73. The highest BCUT2D eigenvalue weighted by molar-refractivity contribution is 5.75. The fourth-order valence-corrected chi connectivity index (χ4v) is 3.33. The Hall–Kier alpha value is -1.42. The van der Waals surface area contributed by atoms with Crippen molar-refractivity contribution < 1.29 is 13.9 Å². The van der Waals surface area contributed by atoms with Gasteiger partial charge >= 0.3 is 0 Å². The summed E-state index contributed by atoms with van der Waals surface area (Å²) in [6.45, 7) is 2.07. The predicted molar refractivity (Wildman–Crippen MR) is 89.6 cm³/mol. The van der Waals surface area contributed by atoms with Gasteiger partial charge in [0.15, 0.2) is 0 Å². The maximum absolute atomic E-state index is 14.0. The molecule has 0 heterocycles. The molecule has 1 aliphatic rings. The lowest BCUT2D eigenvalue weighted by molar-refractivity contribution is -0.123. The van der Waals surface area contributed by atoms with Gasteiger partial charge in [0.25, 0.3) is 0 Å². The van der Waals surface area contributed by atoms with Crippen molar-refractivity contribution in [1.82, 2.24) is 5.32 Å². The number of carbonyl (C=O) groups is 1. The Morgan fingerprint density at radius 3 is 2.65 bits per heavy atom. The minimum absolute atomic E-state index is 0.0233. The standard InChI is InChI=1S/C19H28FNO2/c1-19(23-2,16-10-6-7-11-17(16)20)14-21-18(22)13-12-15-8-4-3-5-9-15/h6-7,10-11,15H,3-5,8-9,12-14H2,1-2H3,(H,21,22). The van der Waals surface area contributed by atoms with Crippen molar-refractivity contribution in [1.29, 1.82) is 0 Å². The van der Waals surface area contributed by atoms with Gasteiger partial charge in [-0.3, -0.25) is 4.79 Å². The highest BCUT2D eigenvalue weighted by Crippen LogP contribution is 2.28. The van der Waals surface area contributed by atoms with Crippen molar-refractivity contribution in [3.05, 3.63) is 35.6 Å². The van der Waals surface area contributed by atoms with Gasteiger partial charge in [-0.2, -0.15) is 0 Å². The van der Waals surface area contributed by atoms with Gasteiger partial charge in [-0.15, -0.1) is 0 Å². The number of hydrogen-bond acceptors (Lipinski definition) is 2. The molecule has 0 aromatic heterocycles. The minimum atomic E-state index is -0.855. The molecule has 1 aromatic rings. The Balaban J connectivity index is 1.84. The number of ether oxygens (including phenoxy) is 1. The molecule has 1 aliphatic carbocycles. The summed E-state index contributed by atoms with van der Waals surface area (Å²) < 4.78 is 19.5. The van der Waals surface area contributed by atoms with Gasteiger partial charge in [0, 0.05) is 19.1 Å². The molecule has 1 N–H and O–H groups in total. The van der Waals surface area contributed by atoms with Crippen molar-refractivity contribution in [3.8, 4) is 0 Å². The van der Waals surface area contributed by atoms with Gasteiger partial charge < -0.3 is 10.1 Å². The summed E-state index contributed by atoms with van der Waals surface area (Å²) >= 11 is 0. The summed E-state index contributed by atoms with van der Waals surface area (Å²) in [5.41, 5.74) is -0.388. The number of benzene rings is 1. The van der Waals surface area contributed by atoms with E-state index in [2.05, 4.69) is 5.32 Å². The van der Waals surface area contributed by atoms with Crippen LogP contribution in [0, 0.1) is 11.7 Å². The van der Waals surface area contributed by atoms with Crippen LogP contribution >= 0.6 is 0 Å². The fourth-order valence-electron chi connectivity index (χ4n) is 3.33. The first-order valence-electron chi connectivity index (χ1n) is 8.62. The molecular formula is C19H28FNO2. The summed E-state index contributed by atoms with van der Waals surface area (Å²) in [5.74, 6) is 0.401. The quantitative estimate of drug-likeness (QED) is 0.819. The van der Waals surface area contributed by atoms with Gasteiger partial charge in [-0.05, 0) is 25.3 Å². The first kappa shape index (κ1) is 17.9.